The molecule has 12 nitrogen and oxygen atoms in total. The van der Waals surface area contributed by atoms with E-state index in [1.54, 1.807) is 21.9 Å². The highest BCUT2D eigenvalue weighted by Crippen LogP contribution is 2.60. The van der Waals surface area contributed by atoms with Crippen LogP contribution in [0, 0.1) is 5.92 Å². The summed E-state index contributed by atoms with van der Waals surface area (Å²) in [6.07, 6.45) is 0.515. The number of nitrogens with zero attached hydrogens (tertiary/aromatic N) is 3. The van der Waals surface area contributed by atoms with Crippen LogP contribution in [0.2, 0.25) is 18.6 Å². The van der Waals surface area contributed by atoms with Crippen LogP contribution in [0.15, 0.2) is 42.5 Å². The molecule has 0 aliphatic carbocycles. The predicted octanol–water partition coefficient (Wildman–Crippen LogP) is 3.47. The molecule has 2 saturated heterocycles. The highest BCUT2D eigenvalue weighted by Gasteiger charge is 2.66. The molecule has 48 heavy (non-hydrogen) atoms. The Kier molecular flexibility index (Phi) is 9.42. The van der Waals surface area contributed by atoms with Crippen molar-refractivity contribution in [3.05, 3.63) is 59.2 Å². The van der Waals surface area contributed by atoms with Gasteiger partial charge in [-0.05, 0) is 61.7 Å². The first-order valence-corrected chi connectivity index (χ1v) is 19.8. The number of ether oxygens (including phenoxy) is 3. The number of rotatable bonds is 10. The van der Waals surface area contributed by atoms with Crippen LogP contribution in [0.3, 0.4) is 0 Å². The minimum Gasteiger partial charge on any atom is -0.469 e. The van der Waals surface area contributed by atoms with Gasteiger partial charge in [0.1, 0.15) is 6.61 Å². The van der Waals surface area contributed by atoms with E-state index in [1.807, 2.05) is 50.3 Å². The number of cyclic esters (lactones) is 1. The molecule has 1 spiro atoms. The number of hydrogen-bond acceptors (Lipinski definition) is 9. The molecule has 258 valence electrons. The maximum absolute atomic E-state index is 14.7. The van der Waals surface area contributed by atoms with E-state index in [0.717, 1.165) is 11.1 Å². The summed E-state index contributed by atoms with van der Waals surface area (Å²) >= 11 is 0. The van der Waals surface area contributed by atoms with Crippen LogP contribution >= 0.6 is 0 Å². The fourth-order valence-electron chi connectivity index (χ4n) is 8.26. The smallest absolute Gasteiger partial charge is 0.414 e. The van der Waals surface area contributed by atoms with Crippen LogP contribution in [-0.2, 0) is 47.2 Å². The topological polar surface area (TPSA) is 146 Å². The summed E-state index contributed by atoms with van der Waals surface area (Å²) < 4.78 is 16.9. The third-order valence-corrected chi connectivity index (χ3v) is 13.0. The zero-order valence-electron chi connectivity index (χ0n) is 28.0. The van der Waals surface area contributed by atoms with E-state index in [1.165, 1.54) is 12.0 Å². The number of anilines is 2. The number of benzene rings is 2. The number of esters is 1. The second-order valence-corrected chi connectivity index (χ2v) is 17.8. The number of unbranched alkanes of at least 4 members (excludes halogenated alkanes) is 1. The number of methoxy groups -OCH3 is 1. The lowest BCUT2D eigenvalue weighted by atomic mass is 9.82. The van der Waals surface area contributed by atoms with Gasteiger partial charge in [0.2, 0.25) is 5.91 Å². The largest absolute Gasteiger partial charge is 0.469 e. The quantitative estimate of drug-likeness (QED) is 0.219. The van der Waals surface area contributed by atoms with Gasteiger partial charge in [-0.1, -0.05) is 31.2 Å². The zero-order valence-corrected chi connectivity index (χ0v) is 29.0. The fourth-order valence-corrected chi connectivity index (χ4v) is 10.8. The number of aliphatic hydroxyl groups is 1. The number of carbonyl (C=O) groups is 4. The molecule has 0 saturated carbocycles. The Balaban J connectivity index is 1.35. The summed E-state index contributed by atoms with van der Waals surface area (Å²) in [4.78, 5) is 69.7. The Morgan fingerprint density at radius 2 is 1.85 bits per heavy atom. The van der Waals surface area contributed by atoms with E-state index in [9.17, 15) is 29.1 Å². The Hall–Kier alpha value is -3.78. The maximum Gasteiger partial charge on any atom is 0.414 e. The Morgan fingerprint density at radius 1 is 1.10 bits per heavy atom. The van der Waals surface area contributed by atoms with Gasteiger partial charge < -0.3 is 33.9 Å². The lowest BCUT2D eigenvalue weighted by Crippen LogP contribution is -2.48. The molecule has 0 bridgehead atoms. The van der Waals surface area contributed by atoms with Crippen molar-refractivity contribution in [1.29, 1.82) is 0 Å². The number of fused-ring (bicyclic) bond motifs is 3. The van der Waals surface area contributed by atoms with E-state index in [4.69, 9.17) is 14.2 Å². The van der Waals surface area contributed by atoms with Crippen molar-refractivity contribution in [3.8, 4) is 0 Å². The third kappa shape index (κ3) is 5.90. The molecule has 0 radical (unpaired) electrons. The summed E-state index contributed by atoms with van der Waals surface area (Å²) in [5, 5.41) is 10.3. The van der Waals surface area contributed by atoms with E-state index < -0.39 is 43.6 Å². The Bertz CT molecular complexity index is 1600. The van der Waals surface area contributed by atoms with Gasteiger partial charge in [-0.2, -0.15) is 0 Å². The average molecular weight is 680 g/mol. The molecular weight excluding hydrogens is 634 g/mol. The molecule has 13 heteroatoms. The summed E-state index contributed by atoms with van der Waals surface area (Å²) in [6, 6.07) is 12.9. The average Bonchev–Trinajstić information content (AvgIpc) is 3.70. The van der Waals surface area contributed by atoms with Crippen molar-refractivity contribution in [2.75, 3.05) is 43.2 Å². The summed E-state index contributed by atoms with van der Waals surface area (Å²) in [5.41, 5.74) is 1.93. The molecular formula is C35H45N3O9Si. The molecule has 5 atom stereocenters. The van der Waals surface area contributed by atoms with Crippen LogP contribution in [0.4, 0.5) is 16.2 Å². The Morgan fingerprint density at radius 3 is 2.52 bits per heavy atom. The zero-order chi connectivity index (χ0) is 34.4. The number of aliphatic hydroxyl groups excluding tert-OH is 1. The number of carbonyl (C=O) groups excluding carboxylic acids is 4. The van der Waals surface area contributed by atoms with Gasteiger partial charge in [0.15, 0.2) is 13.9 Å². The minimum atomic E-state index is -3.07. The highest BCUT2D eigenvalue weighted by atomic mass is 28.4. The fraction of sp³-hybridized carbons (Fsp3) is 0.543. The van der Waals surface area contributed by atoms with Gasteiger partial charge in [-0.25, -0.2) is 4.79 Å². The molecule has 2 N–H and O–H groups in total. The molecule has 0 aromatic heterocycles. The van der Waals surface area contributed by atoms with Crippen molar-refractivity contribution >= 4 is 43.6 Å². The second-order valence-electron chi connectivity index (χ2n) is 13.9. The SMILES string of the molecule is COC(=O)CCCCN1C(=O)[C@@]2(O[C@@H](CC(=O)N3Cc4ccccc4C[C@H]3CO)[C@H]([Si](C)(C)O)[C@H]2C)c2cc(N3CCOC3=O)ccc21. The normalized spacial score (nSPS) is 26.6. The molecule has 2 fully saturated rings. The van der Waals surface area contributed by atoms with Crippen LogP contribution in [-0.4, -0.2) is 92.6 Å². The summed E-state index contributed by atoms with van der Waals surface area (Å²) in [7, 11) is -1.72. The van der Waals surface area contributed by atoms with Gasteiger partial charge in [0.05, 0.1) is 44.5 Å². The number of amides is 3. The van der Waals surface area contributed by atoms with E-state index in [2.05, 4.69) is 0 Å². The first-order valence-electron chi connectivity index (χ1n) is 16.8. The van der Waals surface area contributed by atoms with Gasteiger partial charge >= 0.3 is 12.1 Å². The van der Waals surface area contributed by atoms with Crippen molar-refractivity contribution in [2.45, 2.75) is 82.0 Å². The highest BCUT2D eigenvalue weighted by molar-refractivity contribution is 6.71. The molecule has 2 aromatic rings. The first kappa shape index (κ1) is 34.1. The molecule has 2 aromatic carbocycles. The van der Waals surface area contributed by atoms with Gasteiger partial charge in [-0.15, -0.1) is 0 Å². The lowest BCUT2D eigenvalue weighted by molar-refractivity contribution is -0.151. The Labute approximate surface area is 281 Å². The summed E-state index contributed by atoms with van der Waals surface area (Å²) in [5.74, 6) is -1.33. The van der Waals surface area contributed by atoms with Crippen LogP contribution in [0.1, 0.15) is 49.3 Å². The molecule has 0 unspecified atom stereocenters. The predicted molar refractivity (Wildman–Crippen MR) is 179 cm³/mol. The number of hydrogen-bond donors (Lipinski definition) is 2. The monoisotopic (exact) mass is 679 g/mol. The molecule has 3 amide bonds. The van der Waals surface area contributed by atoms with Crippen molar-refractivity contribution in [2.24, 2.45) is 5.92 Å². The van der Waals surface area contributed by atoms with Crippen LogP contribution in [0.25, 0.3) is 0 Å². The van der Waals surface area contributed by atoms with E-state index in [-0.39, 0.29) is 43.8 Å². The van der Waals surface area contributed by atoms with Crippen LogP contribution in [0.5, 0.6) is 0 Å². The molecule has 4 aliphatic rings. The van der Waals surface area contributed by atoms with E-state index >= 15 is 0 Å². The van der Waals surface area contributed by atoms with E-state index in [0.29, 0.717) is 55.8 Å². The first-order chi connectivity index (χ1) is 22.9. The van der Waals surface area contributed by atoms with Gasteiger partial charge in [-0.3, -0.25) is 19.3 Å². The minimum absolute atomic E-state index is 0.0632. The standard InChI is InChI=1S/C35H45N3O9Si/c1-22-32(48(3,4)44)29(19-30(40)38-20-24-10-6-5-9-23(24)17-26(38)21-39)47-35(22)27-18-25(36-15-16-46-34(36)43)12-13-28(27)37(33(35)42)14-8-7-11-31(41)45-2/h5-6,9-10,12-13,18,22,26,29,32,39,44H,7-8,11,14-17,19-21H2,1-4H3/t22-,26+,29+,32-,35+/m1/s1. The molecule has 6 rings (SSSR count). The van der Waals surface area contributed by atoms with Crippen LogP contribution < -0.4 is 9.80 Å². The molecule has 4 heterocycles. The lowest BCUT2D eigenvalue weighted by Gasteiger charge is -2.37. The summed E-state index contributed by atoms with van der Waals surface area (Å²) in [6.45, 7) is 6.65. The van der Waals surface area contributed by atoms with Gasteiger partial charge in [0.25, 0.3) is 5.91 Å². The maximum atomic E-state index is 14.7. The molecule has 4 aliphatic heterocycles. The second kappa shape index (κ2) is 13.3. The third-order valence-electron chi connectivity index (χ3n) is 10.5. The van der Waals surface area contributed by atoms with Gasteiger partial charge in [0, 0.05) is 42.2 Å². The van der Waals surface area contributed by atoms with Crippen molar-refractivity contribution in [1.82, 2.24) is 4.90 Å². The van der Waals surface area contributed by atoms with Crippen molar-refractivity contribution < 1.29 is 43.3 Å². The van der Waals surface area contributed by atoms with Crippen molar-refractivity contribution in [3.63, 3.8) is 0 Å².